The maximum atomic E-state index is 13.7. The Morgan fingerprint density at radius 2 is 1.75 bits per heavy atom. The highest BCUT2D eigenvalue weighted by Gasteiger charge is 2.56. The molecule has 5 aliphatic rings. The predicted molar refractivity (Wildman–Crippen MR) is 113 cm³/mol. The largest absolute Gasteiger partial charge is 0.330 e. The smallest absolute Gasteiger partial charge is 0.247 e. The van der Waals surface area contributed by atoms with E-state index in [9.17, 15) is 9.59 Å². The van der Waals surface area contributed by atoms with Crippen LogP contribution in [0.4, 0.5) is 5.69 Å². The quantitative estimate of drug-likeness (QED) is 0.719. The molecule has 0 aromatic heterocycles. The molecule has 1 saturated heterocycles. The fourth-order valence-electron chi connectivity index (χ4n) is 6.90. The van der Waals surface area contributed by atoms with Crippen LogP contribution in [0.3, 0.4) is 0 Å². The summed E-state index contributed by atoms with van der Waals surface area (Å²) in [7, 11) is 0. The molecule has 4 saturated carbocycles. The first-order valence-corrected chi connectivity index (χ1v) is 11.6. The lowest BCUT2D eigenvalue weighted by Gasteiger charge is -2.56. The summed E-state index contributed by atoms with van der Waals surface area (Å²) >= 11 is 3.54. The molecule has 0 spiro atoms. The lowest BCUT2D eigenvalue weighted by molar-refractivity contribution is -0.160. The molecule has 5 heteroatoms. The van der Waals surface area contributed by atoms with Crippen molar-refractivity contribution in [2.24, 2.45) is 23.2 Å². The molecule has 5 fully saturated rings. The van der Waals surface area contributed by atoms with Crippen molar-refractivity contribution in [1.82, 2.24) is 4.90 Å². The third-order valence-electron chi connectivity index (χ3n) is 7.69. The summed E-state index contributed by atoms with van der Waals surface area (Å²) in [5, 5.41) is 3.06. The second kappa shape index (κ2) is 6.86. The van der Waals surface area contributed by atoms with Gasteiger partial charge in [-0.25, -0.2) is 0 Å². The van der Waals surface area contributed by atoms with Gasteiger partial charge >= 0.3 is 0 Å². The standard InChI is InChI=1S/C23H29BrN2O2/c1-14-4-5-19(18(24)7-14)25-21(27)20-3-2-6-26(20)22(28)23-11-15-8-16(12-23)10-17(9-15)13-23/h4-5,7,15-17,20H,2-3,6,8-13H2,1H3,(H,25,27)/t15?,16?,17?,20-,23?/m0/s1. The van der Waals surface area contributed by atoms with Crippen LogP contribution in [0.1, 0.15) is 56.9 Å². The molecule has 1 atom stereocenters. The first-order valence-electron chi connectivity index (χ1n) is 10.8. The lowest BCUT2D eigenvalue weighted by Crippen LogP contribution is -2.56. The first kappa shape index (κ1) is 18.7. The van der Waals surface area contributed by atoms with Crippen molar-refractivity contribution in [2.75, 3.05) is 11.9 Å². The third-order valence-corrected chi connectivity index (χ3v) is 8.35. The zero-order chi connectivity index (χ0) is 19.5. The van der Waals surface area contributed by atoms with Gasteiger partial charge in [-0.3, -0.25) is 9.59 Å². The number of nitrogens with zero attached hydrogens (tertiary/aromatic N) is 1. The number of aryl methyl sites for hydroxylation is 1. The normalized spacial score (nSPS) is 36.0. The molecule has 0 radical (unpaired) electrons. The maximum Gasteiger partial charge on any atom is 0.247 e. The van der Waals surface area contributed by atoms with Gasteiger partial charge in [-0.2, -0.15) is 0 Å². The molecule has 4 bridgehead atoms. The molecule has 6 rings (SSSR count). The molecule has 2 amide bonds. The predicted octanol–water partition coefficient (Wildman–Crippen LogP) is 4.90. The minimum absolute atomic E-state index is 0.0415. The van der Waals surface area contributed by atoms with Crippen molar-refractivity contribution in [1.29, 1.82) is 0 Å². The SMILES string of the molecule is Cc1ccc(NC(=O)[C@@H]2CCCN2C(=O)C23CC4CC(CC(C4)C2)C3)c(Br)c1. The Balaban J connectivity index is 1.34. The van der Waals surface area contributed by atoms with Crippen LogP contribution in [-0.4, -0.2) is 29.3 Å². The number of halogens is 1. The van der Waals surface area contributed by atoms with E-state index in [1.54, 1.807) is 0 Å². The number of hydrogen-bond donors (Lipinski definition) is 1. The number of carbonyl (C=O) groups is 2. The summed E-state index contributed by atoms with van der Waals surface area (Å²) in [5.41, 5.74) is 1.76. The topological polar surface area (TPSA) is 49.4 Å². The minimum Gasteiger partial charge on any atom is -0.330 e. The highest BCUT2D eigenvalue weighted by atomic mass is 79.9. The molecule has 28 heavy (non-hydrogen) atoms. The minimum atomic E-state index is -0.325. The number of nitrogens with one attached hydrogen (secondary N) is 1. The van der Waals surface area contributed by atoms with E-state index in [0.29, 0.717) is 0 Å². The van der Waals surface area contributed by atoms with Crippen LogP contribution in [0.25, 0.3) is 0 Å². The highest BCUT2D eigenvalue weighted by molar-refractivity contribution is 9.10. The molecular weight excluding hydrogens is 416 g/mol. The van der Waals surface area contributed by atoms with E-state index in [-0.39, 0.29) is 23.3 Å². The Labute approximate surface area is 175 Å². The third kappa shape index (κ3) is 3.10. The van der Waals surface area contributed by atoms with Crippen LogP contribution < -0.4 is 5.32 Å². The summed E-state index contributed by atoms with van der Waals surface area (Å²) in [6.07, 6.45) is 8.87. The van der Waals surface area contributed by atoms with E-state index in [1.165, 1.54) is 19.3 Å². The van der Waals surface area contributed by atoms with Gasteiger partial charge in [0.15, 0.2) is 0 Å². The van der Waals surface area contributed by atoms with Crippen LogP contribution in [0.15, 0.2) is 22.7 Å². The Kier molecular flexibility index (Phi) is 4.57. The van der Waals surface area contributed by atoms with Crippen LogP contribution in [0, 0.1) is 30.1 Å². The Hall–Kier alpha value is -1.36. The zero-order valence-electron chi connectivity index (χ0n) is 16.5. The summed E-state index contributed by atoms with van der Waals surface area (Å²) in [6, 6.07) is 5.60. The van der Waals surface area contributed by atoms with Crippen LogP contribution >= 0.6 is 15.9 Å². The molecular formula is C23H29BrN2O2. The van der Waals surface area contributed by atoms with Crippen LogP contribution in [0.2, 0.25) is 0 Å². The summed E-state index contributed by atoms with van der Waals surface area (Å²) in [6.45, 7) is 2.76. The Bertz CT molecular complexity index is 786. The van der Waals surface area contributed by atoms with Crippen molar-refractivity contribution >= 4 is 33.4 Å². The average molecular weight is 445 g/mol. The fourth-order valence-corrected chi connectivity index (χ4v) is 7.49. The molecule has 150 valence electrons. The fraction of sp³-hybridized carbons (Fsp3) is 0.652. The second-order valence-electron chi connectivity index (χ2n) is 9.83. The number of likely N-dealkylation sites (tertiary alicyclic amines) is 1. The van der Waals surface area contributed by atoms with Crippen molar-refractivity contribution < 1.29 is 9.59 Å². The molecule has 1 N–H and O–H groups in total. The van der Waals surface area contributed by atoms with Gasteiger partial charge < -0.3 is 10.2 Å². The number of amides is 2. The first-order chi connectivity index (χ1) is 13.4. The van der Waals surface area contributed by atoms with Crippen LogP contribution in [0.5, 0.6) is 0 Å². The van der Waals surface area contributed by atoms with Gasteiger partial charge in [-0.15, -0.1) is 0 Å². The summed E-state index contributed by atoms with van der Waals surface area (Å²) < 4.78 is 0.887. The second-order valence-corrected chi connectivity index (χ2v) is 10.7. The van der Waals surface area contributed by atoms with E-state index in [1.807, 2.05) is 30.0 Å². The van der Waals surface area contributed by atoms with Gasteiger partial charge in [0, 0.05) is 11.0 Å². The van der Waals surface area contributed by atoms with E-state index in [2.05, 4.69) is 21.2 Å². The van der Waals surface area contributed by atoms with Gasteiger partial charge in [0.25, 0.3) is 0 Å². The van der Waals surface area contributed by atoms with Crippen molar-refractivity contribution in [3.05, 3.63) is 28.2 Å². The number of rotatable bonds is 3. The average Bonchev–Trinajstić information content (AvgIpc) is 3.12. The lowest BCUT2D eigenvalue weighted by atomic mass is 9.49. The van der Waals surface area contributed by atoms with E-state index < -0.39 is 0 Å². The monoisotopic (exact) mass is 444 g/mol. The molecule has 1 aromatic carbocycles. The zero-order valence-corrected chi connectivity index (χ0v) is 18.1. The van der Waals surface area contributed by atoms with Gasteiger partial charge in [-0.05, 0) is 110 Å². The number of anilines is 1. The van der Waals surface area contributed by atoms with Gasteiger partial charge in [0.05, 0.1) is 11.1 Å². The highest BCUT2D eigenvalue weighted by Crippen LogP contribution is 2.60. The molecule has 1 aromatic rings. The maximum absolute atomic E-state index is 13.7. The number of hydrogen-bond acceptors (Lipinski definition) is 2. The van der Waals surface area contributed by atoms with E-state index in [4.69, 9.17) is 0 Å². The van der Waals surface area contributed by atoms with Gasteiger partial charge in [0.2, 0.25) is 11.8 Å². The number of benzene rings is 1. The molecule has 0 unspecified atom stereocenters. The molecule has 1 aliphatic heterocycles. The van der Waals surface area contributed by atoms with Gasteiger partial charge in [-0.1, -0.05) is 6.07 Å². The Morgan fingerprint density at radius 3 is 2.36 bits per heavy atom. The van der Waals surface area contributed by atoms with E-state index >= 15 is 0 Å². The van der Waals surface area contributed by atoms with Gasteiger partial charge in [0.1, 0.15) is 6.04 Å². The summed E-state index contributed by atoms with van der Waals surface area (Å²) in [5.74, 6) is 2.48. The molecule has 1 heterocycles. The van der Waals surface area contributed by atoms with Crippen molar-refractivity contribution in [2.45, 2.75) is 64.3 Å². The van der Waals surface area contributed by atoms with Crippen LogP contribution in [-0.2, 0) is 9.59 Å². The van der Waals surface area contributed by atoms with Crippen molar-refractivity contribution in [3.8, 4) is 0 Å². The van der Waals surface area contributed by atoms with Crippen molar-refractivity contribution in [3.63, 3.8) is 0 Å². The molecule has 4 aliphatic carbocycles. The van der Waals surface area contributed by atoms with E-state index in [0.717, 1.165) is 72.1 Å². The number of carbonyl (C=O) groups excluding carboxylic acids is 2. The Morgan fingerprint density at radius 1 is 1.11 bits per heavy atom. The molecule has 4 nitrogen and oxygen atoms in total. The summed E-state index contributed by atoms with van der Waals surface area (Å²) in [4.78, 5) is 28.7.